The normalized spacial score (nSPS) is 19.5. The van der Waals surface area contributed by atoms with Crippen LogP contribution in [-0.4, -0.2) is 58.2 Å². The zero-order valence-electron chi connectivity index (χ0n) is 20.5. The molecule has 10 nitrogen and oxygen atoms in total. The van der Waals surface area contributed by atoms with E-state index in [1.54, 1.807) is 41.3 Å². The van der Waals surface area contributed by atoms with Crippen LogP contribution in [0.2, 0.25) is 0 Å². The summed E-state index contributed by atoms with van der Waals surface area (Å²) in [4.78, 5) is 25.3. The molecule has 1 aliphatic heterocycles. The number of hydrogen-bond donors (Lipinski definition) is 3. The molecule has 0 radical (unpaired) electrons. The summed E-state index contributed by atoms with van der Waals surface area (Å²) in [6.45, 7) is 0.112. The maximum Gasteiger partial charge on any atom is 0.412 e. The molecule has 2 unspecified atom stereocenters. The van der Waals surface area contributed by atoms with Gasteiger partial charge in [-0.25, -0.2) is 13.6 Å². The van der Waals surface area contributed by atoms with Crippen LogP contribution in [0.4, 0.5) is 19.4 Å². The number of nitrogens with zero attached hydrogens (tertiary/aromatic N) is 4. The second-order valence-corrected chi connectivity index (χ2v) is 9.01. The van der Waals surface area contributed by atoms with Crippen molar-refractivity contribution in [3.05, 3.63) is 65.6 Å². The highest BCUT2D eigenvalue weighted by molar-refractivity contribution is 6.00. The third-order valence-electron chi connectivity index (χ3n) is 6.76. The van der Waals surface area contributed by atoms with Gasteiger partial charge in [0.05, 0.1) is 19.6 Å². The van der Waals surface area contributed by atoms with Gasteiger partial charge in [-0.05, 0) is 12.0 Å². The Balaban J connectivity index is 1.57. The summed E-state index contributed by atoms with van der Waals surface area (Å²) >= 11 is 0. The lowest BCUT2D eigenvalue weighted by Gasteiger charge is -2.43. The van der Waals surface area contributed by atoms with Gasteiger partial charge in [0.15, 0.2) is 17.4 Å². The van der Waals surface area contributed by atoms with Gasteiger partial charge < -0.3 is 15.6 Å². The summed E-state index contributed by atoms with van der Waals surface area (Å²) in [7, 11) is 1.12. The Labute approximate surface area is 217 Å². The molecule has 0 saturated carbocycles. The summed E-state index contributed by atoms with van der Waals surface area (Å²) in [5.41, 5.74) is 4.98. The van der Waals surface area contributed by atoms with Crippen LogP contribution in [-0.2, 0) is 16.8 Å². The predicted octanol–water partition coefficient (Wildman–Crippen LogP) is 3.52. The van der Waals surface area contributed by atoms with Gasteiger partial charge in [0.1, 0.15) is 17.3 Å². The number of hydrogen-bond acceptors (Lipinski definition) is 7. The van der Waals surface area contributed by atoms with Crippen LogP contribution in [0.3, 0.4) is 0 Å². The van der Waals surface area contributed by atoms with Crippen LogP contribution < -0.4 is 11.1 Å². The van der Waals surface area contributed by atoms with Crippen molar-refractivity contribution in [1.82, 2.24) is 14.7 Å². The van der Waals surface area contributed by atoms with E-state index in [0.717, 1.165) is 11.8 Å². The molecule has 4 N–H and O–H groups in total. The maximum absolute atomic E-state index is 15.8. The molecule has 0 bridgehead atoms. The van der Waals surface area contributed by atoms with E-state index in [0.29, 0.717) is 11.1 Å². The van der Waals surface area contributed by atoms with Crippen molar-refractivity contribution in [3.63, 3.8) is 0 Å². The minimum absolute atomic E-state index is 0.0261. The minimum atomic E-state index is -1.65. The number of benzene rings is 2. The highest BCUT2D eigenvalue weighted by Crippen LogP contribution is 2.38. The van der Waals surface area contributed by atoms with Gasteiger partial charge in [-0.15, -0.1) is 0 Å². The molecule has 0 aliphatic carbocycles. The van der Waals surface area contributed by atoms with Gasteiger partial charge >= 0.3 is 6.09 Å². The lowest BCUT2D eigenvalue weighted by molar-refractivity contribution is 0.00656. The van der Waals surface area contributed by atoms with Gasteiger partial charge in [0, 0.05) is 37.0 Å². The molecule has 2 atom stereocenters. The van der Waals surface area contributed by atoms with E-state index >= 15 is 8.78 Å². The van der Waals surface area contributed by atoms with Crippen molar-refractivity contribution in [2.75, 3.05) is 25.5 Å². The zero-order chi connectivity index (χ0) is 27.4. The number of carbonyl (C=O) groups is 2. The molecule has 12 heteroatoms. The van der Waals surface area contributed by atoms with E-state index in [9.17, 15) is 20.0 Å². The first-order valence-corrected chi connectivity index (χ1v) is 11.7. The van der Waals surface area contributed by atoms with Gasteiger partial charge in [-0.3, -0.25) is 19.7 Å². The standard InChI is InChI=1S/C26H26F2N6O4/c1-38-25(37)31-24-19(23(30)36)14-34(32-24)26(9-11-29)10-12-33(15-20(26)27)13-17-7-8-18(22(35)21(17)28)16-5-3-2-4-6-16/h2-8,14,20,35H,9-10,12-13,15H2,1H3,(H2,30,36)(H,31,32,37). The molecule has 4 rings (SSSR count). The number of carbonyl (C=O) groups excluding carboxylic acids is 2. The highest BCUT2D eigenvalue weighted by Gasteiger charge is 2.47. The van der Waals surface area contributed by atoms with Crippen LogP contribution in [0.5, 0.6) is 5.75 Å². The third kappa shape index (κ3) is 5.01. The number of alkyl halides is 1. The number of phenols is 1. The number of primary amides is 1. The first-order chi connectivity index (χ1) is 18.2. The van der Waals surface area contributed by atoms with E-state index in [-0.39, 0.29) is 49.4 Å². The molecule has 0 spiro atoms. The number of nitrogens with two attached hydrogens (primary N) is 1. The molecule has 198 valence electrons. The average Bonchev–Trinajstić information content (AvgIpc) is 3.33. The monoisotopic (exact) mass is 524 g/mol. The van der Waals surface area contributed by atoms with Gasteiger partial charge in [-0.1, -0.05) is 42.5 Å². The number of amides is 2. The number of rotatable bonds is 7. The fourth-order valence-corrected chi connectivity index (χ4v) is 4.66. The largest absolute Gasteiger partial charge is 0.504 e. The topological polar surface area (TPSA) is 146 Å². The number of likely N-dealkylation sites (tertiary alicyclic amines) is 1. The number of piperidine rings is 1. The zero-order valence-corrected chi connectivity index (χ0v) is 20.5. The van der Waals surface area contributed by atoms with Gasteiger partial charge in [0.25, 0.3) is 5.91 Å². The van der Waals surface area contributed by atoms with Crippen molar-refractivity contribution in [3.8, 4) is 22.9 Å². The Bertz CT molecular complexity index is 1390. The number of halogens is 2. The van der Waals surface area contributed by atoms with Crippen LogP contribution in [0, 0.1) is 17.1 Å². The first kappa shape index (κ1) is 26.6. The van der Waals surface area contributed by atoms with Crippen molar-refractivity contribution in [2.24, 2.45) is 5.73 Å². The first-order valence-electron chi connectivity index (χ1n) is 11.7. The summed E-state index contributed by atoms with van der Waals surface area (Å²) in [6, 6.07) is 14.0. The van der Waals surface area contributed by atoms with E-state index in [2.05, 4.69) is 15.2 Å². The number of aromatic nitrogens is 2. The molecular weight excluding hydrogens is 498 g/mol. The van der Waals surface area contributed by atoms with Crippen LogP contribution in [0.25, 0.3) is 11.1 Å². The second-order valence-electron chi connectivity index (χ2n) is 9.01. The summed E-state index contributed by atoms with van der Waals surface area (Å²) in [5, 5.41) is 26.4. The smallest absolute Gasteiger partial charge is 0.412 e. The van der Waals surface area contributed by atoms with Crippen LogP contribution in [0.15, 0.2) is 48.7 Å². The molecular formula is C26H26F2N6O4. The molecule has 2 heterocycles. The Hall–Kier alpha value is -4.50. The number of phenolic OH excluding ortho intramolecular Hbond substituents is 1. The van der Waals surface area contributed by atoms with Crippen molar-refractivity contribution in [2.45, 2.75) is 31.1 Å². The quantitative estimate of drug-likeness (QED) is 0.428. The Morgan fingerprint density at radius 2 is 2.05 bits per heavy atom. The Morgan fingerprint density at radius 3 is 2.68 bits per heavy atom. The lowest BCUT2D eigenvalue weighted by atomic mass is 9.83. The third-order valence-corrected chi connectivity index (χ3v) is 6.76. The van der Waals surface area contributed by atoms with Crippen LogP contribution in [0.1, 0.15) is 28.8 Å². The van der Waals surface area contributed by atoms with E-state index in [1.807, 2.05) is 12.1 Å². The van der Waals surface area contributed by atoms with Crippen molar-refractivity contribution >= 4 is 17.8 Å². The predicted molar refractivity (Wildman–Crippen MR) is 133 cm³/mol. The number of nitriles is 1. The molecule has 3 aromatic rings. The van der Waals surface area contributed by atoms with Crippen molar-refractivity contribution < 1.29 is 28.2 Å². The molecule has 1 saturated heterocycles. The second kappa shape index (κ2) is 10.9. The van der Waals surface area contributed by atoms with Gasteiger partial charge in [0.2, 0.25) is 0 Å². The number of aromatic hydroxyl groups is 1. The number of ether oxygens (including phenoxy) is 1. The van der Waals surface area contributed by atoms with Crippen molar-refractivity contribution in [1.29, 1.82) is 5.26 Å². The fourth-order valence-electron chi connectivity index (χ4n) is 4.66. The van der Waals surface area contributed by atoms with Crippen LogP contribution >= 0.6 is 0 Å². The summed E-state index contributed by atoms with van der Waals surface area (Å²) < 4.78 is 36.6. The molecule has 2 aromatic carbocycles. The number of anilines is 1. The maximum atomic E-state index is 15.8. The van der Waals surface area contributed by atoms with E-state index < -0.39 is 35.3 Å². The minimum Gasteiger partial charge on any atom is -0.504 e. The average molecular weight is 525 g/mol. The van der Waals surface area contributed by atoms with E-state index in [1.165, 1.54) is 6.20 Å². The Morgan fingerprint density at radius 1 is 1.32 bits per heavy atom. The SMILES string of the molecule is COC(=O)Nc1nn(C2(CC#N)CCN(Cc3ccc(-c4ccccc4)c(O)c3F)CC2F)cc1C(N)=O. The fraction of sp³-hybridized carbons (Fsp3) is 0.308. The molecule has 38 heavy (non-hydrogen) atoms. The molecule has 1 fully saturated rings. The number of nitrogens with one attached hydrogen (secondary N) is 1. The molecule has 1 aliphatic rings. The highest BCUT2D eigenvalue weighted by atomic mass is 19.1. The Kier molecular flexibility index (Phi) is 7.59. The summed E-state index contributed by atoms with van der Waals surface area (Å²) in [6.07, 6.45) is -1.53. The molecule has 1 aromatic heterocycles. The van der Waals surface area contributed by atoms with E-state index in [4.69, 9.17) is 5.73 Å². The van der Waals surface area contributed by atoms with Gasteiger partial charge in [-0.2, -0.15) is 10.4 Å². The number of methoxy groups -OCH3 is 1. The summed E-state index contributed by atoms with van der Waals surface area (Å²) in [5.74, 6) is -2.39. The lowest BCUT2D eigenvalue weighted by Crippen LogP contribution is -2.54. The molecule has 2 amide bonds.